The molecule has 4 nitrogen and oxygen atoms in total. The summed E-state index contributed by atoms with van der Waals surface area (Å²) >= 11 is 0. The summed E-state index contributed by atoms with van der Waals surface area (Å²) in [4.78, 5) is 15.5. The van der Waals surface area contributed by atoms with E-state index in [1.165, 1.54) is 6.07 Å². The van der Waals surface area contributed by atoms with Crippen LogP contribution in [0.25, 0.3) is 0 Å². The molecule has 1 aromatic rings. The zero-order chi connectivity index (χ0) is 16.8. The van der Waals surface area contributed by atoms with E-state index in [2.05, 4.69) is 5.32 Å². The first-order valence-corrected chi connectivity index (χ1v) is 6.97. The molecule has 0 radical (unpaired) electrons. The van der Waals surface area contributed by atoms with Crippen molar-refractivity contribution in [3.8, 4) is 0 Å². The SMILES string of the molecule is CNCC(=O)N(CCN(C)C)Cc1cccc(C(F)(F)F)c1. The van der Waals surface area contributed by atoms with Gasteiger partial charge in [0, 0.05) is 19.6 Å². The average Bonchev–Trinajstić information content (AvgIpc) is 2.42. The normalized spacial score (nSPS) is 11.8. The Kier molecular flexibility index (Phi) is 6.83. The van der Waals surface area contributed by atoms with E-state index in [0.29, 0.717) is 18.7 Å². The second kappa shape index (κ2) is 8.14. The number of halogens is 3. The summed E-state index contributed by atoms with van der Waals surface area (Å²) in [5.74, 6) is -0.137. The van der Waals surface area contributed by atoms with Gasteiger partial charge in [0.1, 0.15) is 0 Å². The molecule has 0 heterocycles. The Labute approximate surface area is 128 Å². The van der Waals surface area contributed by atoms with Gasteiger partial charge in [0.25, 0.3) is 0 Å². The van der Waals surface area contributed by atoms with Crippen molar-refractivity contribution in [2.45, 2.75) is 12.7 Å². The van der Waals surface area contributed by atoms with E-state index in [0.717, 1.165) is 12.1 Å². The minimum Gasteiger partial charge on any atom is -0.336 e. The second-order valence-electron chi connectivity index (χ2n) is 5.35. The molecule has 0 saturated heterocycles. The number of nitrogens with one attached hydrogen (secondary N) is 1. The van der Waals surface area contributed by atoms with Crippen LogP contribution >= 0.6 is 0 Å². The van der Waals surface area contributed by atoms with Gasteiger partial charge in [0.2, 0.25) is 5.91 Å². The summed E-state index contributed by atoms with van der Waals surface area (Å²) in [5.41, 5.74) is -0.225. The molecule has 0 aliphatic carbocycles. The van der Waals surface area contributed by atoms with Crippen LogP contribution in [0.2, 0.25) is 0 Å². The lowest BCUT2D eigenvalue weighted by Crippen LogP contribution is -2.40. The highest BCUT2D eigenvalue weighted by molar-refractivity contribution is 5.78. The standard InChI is InChI=1S/C15H22F3N3O/c1-19-10-14(22)21(8-7-20(2)3)11-12-5-4-6-13(9-12)15(16,17)18/h4-6,9,19H,7-8,10-11H2,1-3H3. The number of rotatable bonds is 7. The van der Waals surface area contributed by atoms with Gasteiger partial charge >= 0.3 is 6.18 Å². The molecule has 0 bridgehead atoms. The van der Waals surface area contributed by atoms with Gasteiger partial charge in [-0.1, -0.05) is 12.1 Å². The molecule has 0 fully saturated rings. The van der Waals surface area contributed by atoms with Crippen molar-refractivity contribution in [1.82, 2.24) is 15.1 Å². The molecule has 1 N–H and O–H groups in total. The first kappa shape index (κ1) is 18.4. The Balaban J connectivity index is 2.86. The summed E-state index contributed by atoms with van der Waals surface area (Å²) in [5, 5.41) is 2.77. The molecule has 22 heavy (non-hydrogen) atoms. The van der Waals surface area contributed by atoms with Crippen LogP contribution in [0.5, 0.6) is 0 Å². The lowest BCUT2D eigenvalue weighted by molar-refractivity contribution is -0.137. The Morgan fingerprint density at radius 2 is 1.91 bits per heavy atom. The fraction of sp³-hybridized carbons (Fsp3) is 0.533. The van der Waals surface area contributed by atoms with Crippen molar-refractivity contribution in [2.75, 3.05) is 40.8 Å². The quantitative estimate of drug-likeness (QED) is 0.833. The molecule has 1 rings (SSSR count). The molecule has 0 aromatic heterocycles. The zero-order valence-electron chi connectivity index (χ0n) is 13.1. The van der Waals surface area contributed by atoms with Gasteiger partial charge in [0.15, 0.2) is 0 Å². The maximum absolute atomic E-state index is 12.7. The molecule has 0 unspecified atom stereocenters. The average molecular weight is 317 g/mol. The Bertz CT molecular complexity index is 489. The molecule has 1 aromatic carbocycles. The van der Waals surface area contributed by atoms with Gasteiger partial charge in [-0.15, -0.1) is 0 Å². The van der Waals surface area contributed by atoms with Crippen molar-refractivity contribution < 1.29 is 18.0 Å². The molecule has 1 amide bonds. The highest BCUT2D eigenvalue weighted by Gasteiger charge is 2.30. The van der Waals surface area contributed by atoms with Crippen LogP contribution in [0.4, 0.5) is 13.2 Å². The number of amides is 1. The van der Waals surface area contributed by atoms with Crippen LogP contribution in [0, 0.1) is 0 Å². The largest absolute Gasteiger partial charge is 0.416 e. The number of nitrogens with zero attached hydrogens (tertiary/aromatic N) is 2. The van der Waals surface area contributed by atoms with E-state index < -0.39 is 11.7 Å². The second-order valence-corrected chi connectivity index (χ2v) is 5.35. The Morgan fingerprint density at radius 1 is 1.23 bits per heavy atom. The molecular formula is C15H22F3N3O. The highest BCUT2D eigenvalue weighted by Crippen LogP contribution is 2.29. The molecule has 124 valence electrons. The Morgan fingerprint density at radius 3 is 2.45 bits per heavy atom. The number of benzene rings is 1. The lowest BCUT2D eigenvalue weighted by atomic mass is 10.1. The maximum Gasteiger partial charge on any atom is 0.416 e. The predicted molar refractivity (Wildman–Crippen MR) is 79.3 cm³/mol. The lowest BCUT2D eigenvalue weighted by Gasteiger charge is -2.25. The van der Waals surface area contributed by atoms with Crippen LogP contribution in [-0.2, 0) is 17.5 Å². The van der Waals surface area contributed by atoms with E-state index in [1.54, 1.807) is 18.0 Å². The van der Waals surface area contributed by atoms with E-state index in [-0.39, 0.29) is 19.0 Å². The van der Waals surface area contributed by atoms with Gasteiger partial charge in [-0.05, 0) is 38.8 Å². The van der Waals surface area contributed by atoms with Crippen LogP contribution in [0.3, 0.4) is 0 Å². The summed E-state index contributed by atoms with van der Waals surface area (Å²) in [7, 11) is 5.42. The third-order valence-electron chi connectivity index (χ3n) is 3.13. The fourth-order valence-electron chi connectivity index (χ4n) is 1.94. The van der Waals surface area contributed by atoms with Gasteiger partial charge < -0.3 is 15.1 Å². The van der Waals surface area contributed by atoms with Crippen LogP contribution in [0.15, 0.2) is 24.3 Å². The van der Waals surface area contributed by atoms with E-state index in [1.807, 2.05) is 19.0 Å². The minimum absolute atomic E-state index is 0.137. The smallest absolute Gasteiger partial charge is 0.336 e. The summed E-state index contributed by atoms with van der Waals surface area (Å²) in [6.45, 7) is 1.43. The fourth-order valence-corrected chi connectivity index (χ4v) is 1.94. The van der Waals surface area contributed by atoms with Gasteiger partial charge in [-0.2, -0.15) is 13.2 Å². The van der Waals surface area contributed by atoms with Crippen molar-refractivity contribution >= 4 is 5.91 Å². The maximum atomic E-state index is 12.7. The van der Waals surface area contributed by atoms with Crippen LogP contribution < -0.4 is 5.32 Å². The molecule has 0 aliphatic rings. The number of carbonyl (C=O) groups excluding carboxylic acids is 1. The van der Waals surface area contributed by atoms with Crippen LogP contribution in [-0.4, -0.2) is 56.5 Å². The summed E-state index contributed by atoms with van der Waals surface area (Å²) in [6.07, 6.45) is -4.38. The summed E-state index contributed by atoms with van der Waals surface area (Å²) < 4.78 is 38.2. The van der Waals surface area contributed by atoms with Crippen molar-refractivity contribution in [3.63, 3.8) is 0 Å². The van der Waals surface area contributed by atoms with Crippen LogP contribution in [0.1, 0.15) is 11.1 Å². The van der Waals surface area contributed by atoms with Crippen molar-refractivity contribution in [1.29, 1.82) is 0 Å². The summed E-state index contributed by atoms with van der Waals surface area (Å²) in [6, 6.07) is 5.09. The molecule has 0 spiro atoms. The monoisotopic (exact) mass is 317 g/mol. The minimum atomic E-state index is -4.38. The van der Waals surface area contributed by atoms with Crippen molar-refractivity contribution in [3.05, 3.63) is 35.4 Å². The molecule has 0 aliphatic heterocycles. The first-order chi connectivity index (χ1) is 10.2. The topological polar surface area (TPSA) is 35.6 Å². The predicted octanol–water partition coefficient (Wildman–Crippen LogP) is 1.82. The highest BCUT2D eigenvalue weighted by atomic mass is 19.4. The molecule has 0 saturated carbocycles. The zero-order valence-corrected chi connectivity index (χ0v) is 13.1. The van der Waals surface area contributed by atoms with Crippen molar-refractivity contribution in [2.24, 2.45) is 0 Å². The third-order valence-corrected chi connectivity index (χ3v) is 3.13. The molecular weight excluding hydrogens is 295 g/mol. The van der Waals surface area contributed by atoms with Gasteiger partial charge in [-0.3, -0.25) is 4.79 Å². The van der Waals surface area contributed by atoms with E-state index >= 15 is 0 Å². The van der Waals surface area contributed by atoms with Gasteiger partial charge in [-0.25, -0.2) is 0 Å². The Hall–Kier alpha value is -1.60. The number of hydrogen-bond donors (Lipinski definition) is 1. The van der Waals surface area contributed by atoms with Gasteiger partial charge in [0.05, 0.1) is 12.1 Å². The third kappa shape index (κ3) is 6.03. The number of hydrogen-bond acceptors (Lipinski definition) is 3. The first-order valence-electron chi connectivity index (χ1n) is 6.97. The number of alkyl halides is 3. The van der Waals surface area contributed by atoms with E-state index in [9.17, 15) is 18.0 Å². The molecule has 7 heteroatoms. The number of carbonyl (C=O) groups is 1. The molecule has 0 atom stereocenters. The van der Waals surface area contributed by atoms with E-state index in [4.69, 9.17) is 0 Å². The number of likely N-dealkylation sites (N-methyl/N-ethyl adjacent to an activating group) is 2.